The van der Waals surface area contributed by atoms with Crippen LogP contribution in [-0.2, 0) is 16.0 Å². The highest BCUT2D eigenvalue weighted by Gasteiger charge is 2.18. The van der Waals surface area contributed by atoms with Crippen molar-refractivity contribution in [2.45, 2.75) is 33.6 Å². The topological polar surface area (TPSA) is 59.7 Å². The summed E-state index contributed by atoms with van der Waals surface area (Å²) in [6.45, 7) is 8.70. The summed E-state index contributed by atoms with van der Waals surface area (Å²) < 4.78 is 7.16. The van der Waals surface area contributed by atoms with Crippen molar-refractivity contribution in [3.63, 3.8) is 0 Å². The first-order chi connectivity index (χ1) is 10.6. The summed E-state index contributed by atoms with van der Waals surface area (Å²) in [5.74, 6) is 0.193. The molecule has 3 rings (SSSR count). The number of nitrogens with zero attached hydrogens (tertiary/aromatic N) is 4. The molecule has 3 heterocycles. The molecule has 0 aliphatic carbocycles. The van der Waals surface area contributed by atoms with E-state index < -0.39 is 0 Å². The standard InChI is InChI=1S/C16H22N4O2/c1-11-10-15-17-12(2)14(13(3)20(15)18-11)4-5-16(21)19-6-8-22-9-7-19/h10H,4-9H2,1-3H3. The van der Waals surface area contributed by atoms with Gasteiger partial charge >= 0.3 is 0 Å². The molecule has 22 heavy (non-hydrogen) atoms. The third kappa shape index (κ3) is 2.83. The van der Waals surface area contributed by atoms with E-state index in [9.17, 15) is 4.79 Å². The van der Waals surface area contributed by atoms with Crippen LogP contribution in [0.3, 0.4) is 0 Å². The Bertz CT molecular complexity index is 702. The van der Waals surface area contributed by atoms with Crippen molar-refractivity contribution >= 4 is 11.6 Å². The molecular formula is C16H22N4O2. The van der Waals surface area contributed by atoms with E-state index in [-0.39, 0.29) is 5.91 Å². The Morgan fingerprint density at radius 2 is 2.00 bits per heavy atom. The third-order valence-electron chi connectivity index (χ3n) is 4.24. The van der Waals surface area contributed by atoms with Gasteiger partial charge < -0.3 is 9.64 Å². The van der Waals surface area contributed by atoms with Crippen LogP contribution in [0.1, 0.15) is 29.1 Å². The van der Waals surface area contributed by atoms with Crippen LogP contribution in [0.2, 0.25) is 0 Å². The lowest BCUT2D eigenvalue weighted by Crippen LogP contribution is -2.40. The molecule has 118 valence electrons. The molecule has 6 heteroatoms. The number of aromatic nitrogens is 3. The largest absolute Gasteiger partial charge is 0.378 e. The minimum Gasteiger partial charge on any atom is -0.378 e. The second-order valence-corrected chi connectivity index (χ2v) is 5.81. The van der Waals surface area contributed by atoms with Crippen LogP contribution < -0.4 is 0 Å². The summed E-state index contributed by atoms with van der Waals surface area (Å²) in [7, 11) is 0. The van der Waals surface area contributed by atoms with Crippen LogP contribution in [-0.4, -0.2) is 51.7 Å². The van der Waals surface area contributed by atoms with Crippen molar-refractivity contribution in [1.29, 1.82) is 0 Å². The first kappa shape index (κ1) is 15.0. The summed E-state index contributed by atoms with van der Waals surface area (Å²) >= 11 is 0. The van der Waals surface area contributed by atoms with E-state index in [1.54, 1.807) is 0 Å². The number of ether oxygens (including phenoxy) is 1. The lowest BCUT2D eigenvalue weighted by atomic mass is 10.1. The van der Waals surface area contributed by atoms with Gasteiger partial charge in [-0.25, -0.2) is 9.50 Å². The van der Waals surface area contributed by atoms with Gasteiger partial charge in [0.25, 0.3) is 0 Å². The number of fused-ring (bicyclic) bond motifs is 1. The lowest BCUT2D eigenvalue weighted by Gasteiger charge is -2.27. The molecule has 2 aromatic rings. The second kappa shape index (κ2) is 6.04. The zero-order valence-electron chi connectivity index (χ0n) is 13.4. The van der Waals surface area contributed by atoms with Gasteiger partial charge in [0.2, 0.25) is 5.91 Å². The van der Waals surface area contributed by atoms with Crippen molar-refractivity contribution in [1.82, 2.24) is 19.5 Å². The molecule has 1 saturated heterocycles. The van der Waals surface area contributed by atoms with Crippen LogP contribution in [0.5, 0.6) is 0 Å². The maximum Gasteiger partial charge on any atom is 0.223 e. The molecule has 2 aromatic heterocycles. The zero-order valence-corrected chi connectivity index (χ0v) is 13.4. The van der Waals surface area contributed by atoms with Gasteiger partial charge in [-0.1, -0.05) is 0 Å². The van der Waals surface area contributed by atoms with Gasteiger partial charge in [0.05, 0.1) is 18.9 Å². The van der Waals surface area contributed by atoms with Crippen LogP contribution in [0.15, 0.2) is 6.07 Å². The highest BCUT2D eigenvalue weighted by molar-refractivity contribution is 5.76. The van der Waals surface area contributed by atoms with Crippen molar-refractivity contribution in [2.24, 2.45) is 0 Å². The fourth-order valence-corrected chi connectivity index (χ4v) is 3.01. The summed E-state index contributed by atoms with van der Waals surface area (Å²) in [5.41, 5.74) is 5.01. The van der Waals surface area contributed by atoms with Gasteiger partial charge in [-0.15, -0.1) is 0 Å². The Morgan fingerprint density at radius 3 is 2.73 bits per heavy atom. The zero-order chi connectivity index (χ0) is 15.7. The Hall–Kier alpha value is -1.95. The van der Waals surface area contributed by atoms with Crippen LogP contribution in [0, 0.1) is 20.8 Å². The van der Waals surface area contributed by atoms with Crippen molar-refractivity contribution in [3.8, 4) is 0 Å². The fraction of sp³-hybridized carbons (Fsp3) is 0.562. The van der Waals surface area contributed by atoms with Gasteiger partial charge in [-0.05, 0) is 32.8 Å². The monoisotopic (exact) mass is 302 g/mol. The SMILES string of the molecule is Cc1cc2nc(C)c(CCC(=O)N3CCOCC3)c(C)n2n1. The molecule has 6 nitrogen and oxygen atoms in total. The van der Waals surface area contributed by atoms with Gasteiger partial charge in [0, 0.05) is 37.0 Å². The van der Waals surface area contributed by atoms with E-state index in [1.165, 1.54) is 0 Å². The Kier molecular flexibility index (Phi) is 4.11. The number of hydrogen-bond acceptors (Lipinski definition) is 4. The minimum absolute atomic E-state index is 0.193. The highest BCUT2D eigenvalue weighted by atomic mass is 16.5. The maximum absolute atomic E-state index is 12.3. The van der Waals surface area contributed by atoms with Gasteiger partial charge in [0.15, 0.2) is 5.65 Å². The Balaban J connectivity index is 1.77. The Morgan fingerprint density at radius 1 is 1.27 bits per heavy atom. The molecule has 1 fully saturated rings. The van der Waals surface area contributed by atoms with Gasteiger partial charge in [-0.2, -0.15) is 5.10 Å². The summed E-state index contributed by atoms with van der Waals surface area (Å²) in [5, 5.41) is 4.47. The maximum atomic E-state index is 12.3. The van der Waals surface area contributed by atoms with Crippen molar-refractivity contribution in [3.05, 3.63) is 28.7 Å². The number of carbonyl (C=O) groups is 1. The lowest BCUT2D eigenvalue weighted by molar-refractivity contribution is -0.135. The normalized spacial score (nSPS) is 15.5. The molecule has 1 aliphatic rings. The molecule has 0 N–H and O–H groups in total. The number of hydrogen-bond donors (Lipinski definition) is 0. The molecule has 0 saturated carbocycles. The fourth-order valence-electron chi connectivity index (χ4n) is 3.01. The van der Waals surface area contributed by atoms with E-state index in [0.717, 1.165) is 28.3 Å². The summed E-state index contributed by atoms with van der Waals surface area (Å²) in [4.78, 5) is 18.8. The van der Waals surface area contributed by atoms with Crippen molar-refractivity contribution < 1.29 is 9.53 Å². The van der Waals surface area contributed by atoms with Crippen molar-refractivity contribution in [2.75, 3.05) is 26.3 Å². The van der Waals surface area contributed by atoms with Gasteiger partial charge in [-0.3, -0.25) is 4.79 Å². The quantitative estimate of drug-likeness (QED) is 0.861. The predicted octanol–water partition coefficient (Wildman–Crippen LogP) is 1.45. The molecular weight excluding hydrogens is 280 g/mol. The first-order valence-electron chi connectivity index (χ1n) is 7.74. The molecule has 0 bridgehead atoms. The molecule has 0 radical (unpaired) electrons. The average Bonchev–Trinajstić information content (AvgIpc) is 2.88. The number of aryl methyl sites for hydroxylation is 3. The minimum atomic E-state index is 0.193. The van der Waals surface area contributed by atoms with Crippen LogP contribution >= 0.6 is 0 Å². The third-order valence-corrected chi connectivity index (χ3v) is 4.24. The Labute approximate surface area is 130 Å². The molecule has 1 aliphatic heterocycles. The number of amides is 1. The number of carbonyl (C=O) groups excluding carboxylic acids is 1. The molecule has 0 atom stereocenters. The summed E-state index contributed by atoms with van der Waals surface area (Å²) in [6, 6.07) is 1.97. The smallest absolute Gasteiger partial charge is 0.223 e. The molecule has 0 unspecified atom stereocenters. The van der Waals surface area contributed by atoms with E-state index in [4.69, 9.17) is 4.74 Å². The van der Waals surface area contributed by atoms with E-state index >= 15 is 0 Å². The van der Waals surface area contributed by atoms with Crippen LogP contribution in [0.4, 0.5) is 0 Å². The number of morpholine rings is 1. The predicted molar refractivity (Wildman–Crippen MR) is 82.9 cm³/mol. The van der Waals surface area contributed by atoms with Gasteiger partial charge in [0.1, 0.15) is 0 Å². The van der Waals surface area contributed by atoms with E-state index in [1.807, 2.05) is 36.3 Å². The highest BCUT2D eigenvalue weighted by Crippen LogP contribution is 2.17. The summed E-state index contributed by atoms with van der Waals surface area (Å²) in [6.07, 6.45) is 1.21. The first-order valence-corrected chi connectivity index (χ1v) is 7.74. The van der Waals surface area contributed by atoms with E-state index in [0.29, 0.717) is 39.1 Å². The van der Waals surface area contributed by atoms with E-state index in [2.05, 4.69) is 10.1 Å². The molecule has 0 aromatic carbocycles. The van der Waals surface area contributed by atoms with Crippen LogP contribution in [0.25, 0.3) is 5.65 Å². The average molecular weight is 302 g/mol. The molecule has 0 spiro atoms. The molecule has 1 amide bonds. The second-order valence-electron chi connectivity index (χ2n) is 5.81. The number of rotatable bonds is 3.